The molecule has 3 aromatic heterocycles. The fraction of sp³-hybridized carbons (Fsp3) is 0.450. The molecule has 0 N–H and O–H groups in total. The summed E-state index contributed by atoms with van der Waals surface area (Å²) in [6.45, 7) is 2.41. The van der Waals surface area contributed by atoms with Crippen LogP contribution in [0.25, 0.3) is 11.3 Å². The highest BCUT2D eigenvalue weighted by molar-refractivity contribution is 5.76. The summed E-state index contributed by atoms with van der Waals surface area (Å²) < 4.78 is 3.66. The molecular formula is C20H25N7O. The third kappa shape index (κ3) is 4.44. The predicted octanol–water partition coefficient (Wildman–Crippen LogP) is 1.95. The number of likely N-dealkylation sites (tertiary alicyclic amines) is 1. The fourth-order valence-electron chi connectivity index (χ4n) is 3.75. The molecule has 3 aromatic rings. The molecule has 0 saturated carbocycles. The number of piperidine rings is 1. The molecule has 0 aliphatic carbocycles. The van der Waals surface area contributed by atoms with Gasteiger partial charge < -0.3 is 4.90 Å². The van der Waals surface area contributed by atoms with Gasteiger partial charge in [0, 0.05) is 57.3 Å². The van der Waals surface area contributed by atoms with Gasteiger partial charge in [-0.1, -0.05) is 5.21 Å². The zero-order chi connectivity index (χ0) is 19.3. The Bertz CT molecular complexity index is 918. The lowest BCUT2D eigenvalue weighted by molar-refractivity contribution is -0.133. The molecule has 1 aliphatic rings. The Morgan fingerprint density at radius 3 is 3.00 bits per heavy atom. The van der Waals surface area contributed by atoms with Crippen LogP contribution in [0, 0.1) is 5.92 Å². The van der Waals surface area contributed by atoms with Gasteiger partial charge in [-0.25, -0.2) is 0 Å². The largest absolute Gasteiger partial charge is 0.342 e. The Balaban J connectivity index is 1.31. The van der Waals surface area contributed by atoms with E-state index in [1.54, 1.807) is 17.1 Å². The van der Waals surface area contributed by atoms with Crippen molar-refractivity contribution in [2.75, 3.05) is 13.1 Å². The third-order valence-electron chi connectivity index (χ3n) is 5.20. The Hall–Kier alpha value is -3.03. The minimum absolute atomic E-state index is 0.225. The molecule has 4 rings (SSSR count). The van der Waals surface area contributed by atoms with E-state index in [0.717, 1.165) is 55.7 Å². The summed E-state index contributed by atoms with van der Waals surface area (Å²) in [5.41, 5.74) is 2.90. The quantitative estimate of drug-likeness (QED) is 0.654. The molecule has 28 heavy (non-hydrogen) atoms. The number of nitrogens with zero attached hydrogens (tertiary/aromatic N) is 7. The number of hydrogen-bond donors (Lipinski definition) is 0. The molecule has 0 bridgehead atoms. The van der Waals surface area contributed by atoms with Crippen molar-refractivity contribution in [1.29, 1.82) is 0 Å². The molecule has 1 saturated heterocycles. The van der Waals surface area contributed by atoms with Crippen molar-refractivity contribution in [2.45, 2.75) is 32.2 Å². The summed E-state index contributed by atoms with van der Waals surface area (Å²) in [6, 6.07) is 3.87. The average molecular weight is 379 g/mol. The predicted molar refractivity (Wildman–Crippen MR) is 104 cm³/mol. The van der Waals surface area contributed by atoms with E-state index < -0.39 is 0 Å². The molecule has 1 amide bonds. The van der Waals surface area contributed by atoms with E-state index >= 15 is 0 Å². The molecule has 1 atom stereocenters. The number of hydrogen-bond acceptors (Lipinski definition) is 5. The molecular weight excluding hydrogens is 354 g/mol. The topological polar surface area (TPSA) is 81.7 Å². The van der Waals surface area contributed by atoms with Gasteiger partial charge in [0.2, 0.25) is 5.91 Å². The average Bonchev–Trinajstić information content (AvgIpc) is 3.36. The van der Waals surface area contributed by atoms with E-state index in [1.165, 1.54) is 0 Å². The van der Waals surface area contributed by atoms with Gasteiger partial charge in [-0.15, -0.1) is 5.10 Å². The standard InChI is InChI=1S/C20H25N7O/c1-25-12-16(10-22-25)6-7-20(28)26-9-3-4-17(13-26)14-27-15-19(23-24-27)18-5-2-8-21-11-18/h2,5,8,10-12,15,17H,3-4,6-7,9,13-14H2,1H3. The van der Waals surface area contributed by atoms with Gasteiger partial charge in [0.1, 0.15) is 5.69 Å². The lowest BCUT2D eigenvalue weighted by atomic mass is 9.97. The van der Waals surface area contributed by atoms with E-state index in [4.69, 9.17) is 0 Å². The highest BCUT2D eigenvalue weighted by atomic mass is 16.2. The number of carbonyl (C=O) groups is 1. The van der Waals surface area contributed by atoms with E-state index in [9.17, 15) is 4.79 Å². The smallest absolute Gasteiger partial charge is 0.222 e. The Labute approximate surface area is 164 Å². The first kappa shape index (κ1) is 18.3. The third-order valence-corrected chi connectivity index (χ3v) is 5.20. The fourth-order valence-corrected chi connectivity index (χ4v) is 3.75. The van der Waals surface area contributed by atoms with Crippen molar-refractivity contribution >= 4 is 5.91 Å². The van der Waals surface area contributed by atoms with Crippen molar-refractivity contribution in [3.8, 4) is 11.3 Å². The summed E-state index contributed by atoms with van der Waals surface area (Å²) >= 11 is 0. The Morgan fingerprint density at radius 1 is 1.29 bits per heavy atom. The lowest BCUT2D eigenvalue weighted by Crippen LogP contribution is -2.41. The number of carbonyl (C=O) groups excluding carboxylic acids is 1. The van der Waals surface area contributed by atoms with Crippen LogP contribution in [0.3, 0.4) is 0 Å². The Kier molecular flexibility index (Phi) is 5.45. The summed E-state index contributed by atoms with van der Waals surface area (Å²) in [6.07, 6.45) is 12.7. The normalized spacial score (nSPS) is 17.0. The van der Waals surface area contributed by atoms with Crippen molar-refractivity contribution in [2.24, 2.45) is 13.0 Å². The summed E-state index contributed by atoms with van der Waals surface area (Å²) in [5.74, 6) is 0.628. The first-order chi connectivity index (χ1) is 13.7. The van der Waals surface area contributed by atoms with Gasteiger partial charge in [-0.2, -0.15) is 5.10 Å². The molecule has 0 aromatic carbocycles. The number of aromatic nitrogens is 6. The van der Waals surface area contributed by atoms with Crippen LogP contribution in [0.5, 0.6) is 0 Å². The van der Waals surface area contributed by atoms with Gasteiger partial charge in [-0.3, -0.25) is 19.1 Å². The zero-order valence-corrected chi connectivity index (χ0v) is 16.1. The van der Waals surface area contributed by atoms with Crippen LogP contribution in [0.1, 0.15) is 24.8 Å². The van der Waals surface area contributed by atoms with Crippen molar-refractivity contribution in [3.05, 3.63) is 48.7 Å². The highest BCUT2D eigenvalue weighted by Crippen LogP contribution is 2.20. The first-order valence-corrected chi connectivity index (χ1v) is 9.73. The second-order valence-electron chi connectivity index (χ2n) is 7.44. The molecule has 0 spiro atoms. The van der Waals surface area contributed by atoms with Crippen LogP contribution in [-0.4, -0.2) is 53.7 Å². The maximum Gasteiger partial charge on any atom is 0.222 e. The van der Waals surface area contributed by atoms with Gasteiger partial charge in [0.15, 0.2) is 0 Å². The summed E-state index contributed by atoms with van der Waals surface area (Å²) in [4.78, 5) is 18.8. The molecule has 146 valence electrons. The minimum atomic E-state index is 0.225. The summed E-state index contributed by atoms with van der Waals surface area (Å²) in [7, 11) is 1.89. The van der Waals surface area contributed by atoms with E-state index in [2.05, 4.69) is 20.4 Å². The monoisotopic (exact) mass is 379 g/mol. The van der Waals surface area contributed by atoms with Crippen molar-refractivity contribution < 1.29 is 4.79 Å². The first-order valence-electron chi connectivity index (χ1n) is 9.73. The van der Waals surface area contributed by atoms with Crippen molar-refractivity contribution in [3.63, 3.8) is 0 Å². The molecule has 1 unspecified atom stereocenters. The molecule has 1 aliphatic heterocycles. The van der Waals surface area contributed by atoms with Crippen LogP contribution in [0.15, 0.2) is 43.1 Å². The van der Waals surface area contributed by atoms with Gasteiger partial charge >= 0.3 is 0 Å². The molecule has 1 fully saturated rings. The lowest BCUT2D eigenvalue weighted by Gasteiger charge is -2.32. The van der Waals surface area contributed by atoms with Crippen LogP contribution in [0.2, 0.25) is 0 Å². The molecule has 8 nitrogen and oxygen atoms in total. The molecule has 4 heterocycles. The van der Waals surface area contributed by atoms with E-state index in [0.29, 0.717) is 12.3 Å². The SMILES string of the molecule is Cn1cc(CCC(=O)N2CCCC(Cn3cc(-c4cccnc4)nn3)C2)cn1. The van der Waals surface area contributed by atoms with Gasteiger partial charge in [0.05, 0.1) is 12.4 Å². The second kappa shape index (κ2) is 8.33. The maximum absolute atomic E-state index is 12.6. The van der Waals surface area contributed by atoms with Crippen LogP contribution in [0.4, 0.5) is 0 Å². The molecule has 0 radical (unpaired) electrons. The van der Waals surface area contributed by atoms with Crippen molar-refractivity contribution in [1.82, 2.24) is 34.7 Å². The van der Waals surface area contributed by atoms with Gasteiger partial charge in [-0.05, 0) is 42.9 Å². The number of amides is 1. The maximum atomic E-state index is 12.6. The van der Waals surface area contributed by atoms with Crippen LogP contribution in [-0.2, 0) is 24.8 Å². The number of rotatable bonds is 6. The van der Waals surface area contributed by atoms with Crippen LogP contribution >= 0.6 is 0 Å². The second-order valence-corrected chi connectivity index (χ2v) is 7.44. The number of pyridine rings is 1. The highest BCUT2D eigenvalue weighted by Gasteiger charge is 2.24. The van der Waals surface area contributed by atoms with E-state index in [-0.39, 0.29) is 5.91 Å². The van der Waals surface area contributed by atoms with Gasteiger partial charge in [0.25, 0.3) is 0 Å². The van der Waals surface area contributed by atoms with Crippen LogP contribution < -0.4 is 0 Å². The van der Waals surface area contributed by atoms with E-state index in [1.807, 2.05) is 47.4 Å². The Morgan fingerprint density at radius 2 is 2.21 bits per heavy atom. The zero-order valence-electron chi connectivity index (χ0n) is 16.1. The molecule has 8 heteroatoms. The number of aryl methyl sites for hydroxylation is 2. The summed E-state index contributed by atoms with van der Waals surface area (Å²) in [5, 5.41) is 12.7. The minimum Gasteiger partial charge on any atom is -0.342 e.